The van der Waals surface area contributed by atoms with Crippen LogP contribution in [0.15, 0.2) is 77.9 Å². The third-order valence-electron chi connectivity index (χ3n) is 4.17. The summed E-state index contributed by atoms with van der Waals surface area (Å²) in [6, 6.07) is 22.7. The lowest BCUT2D eigenvalue weighted by atomic mass is 10.1. The van der Waals surface area contributed by atoms with E-state index in [9.17, 15) is 9.59 Å². The Labute approximate surface area is 175 Å². The Hall–Kier alpha value is -3.93. The van der Waals surface area contributed by atoms with Gasteiger partial charge in [-0.25, -0.2) is 5.43 Å². The van der Waals surface area contributed by atoms with E-state index < -0.39 is 11.8 Å². The van der Waals surface area contributed by atoms with Gasteiger partial charge in [0.1, 0.15) is 12.4 Å². The molecule has 0 fully saturated rings. The van der Waals surface area contributed by atoms with Crippen LogP contribution in [-0.2, 0) is 16.2 Å². The number of hydrazone groups is 1. The first-order valence-corrected chi connectivity index (χ1v) is 9.49. The first-order chi connectivity index (χ1) is 14.5. The number of hydrogen-bond acceptors (Lipinski definition) is 4. The molecular formula is C24H23N3O3. The van der Waals surface area contributed by atoms with Crippen molar-refractivity contribution < 1.29 is 14.3 Å². The van der Waals surface area contributed by atoms with Crippen LogP contribution in [0.1, 0.15) is 22.3 Å². The molecule has 0 aromatic heterocycles. The van der Waals surface area contributed by atoms with Gasteiger partial charge in [-0.15, -0.1) is 0 Å². The van der Waals surface area contributed by atoms with Crippen molar-refractivity contribution in [3.63, 3.8) is 0 Å². The van der Waals surface area contributed by atoms with Crippen LogP contribution < -0.4 is 15.5 Å². The van der Waals surface area contributed by atoms with Gasteiger partial charge in [0.05, 0.1) is 6.21 Å². The smallest absolute Gasteiger partial charge is 0.329 e. The Kier molecular flexibility index (Phi) is 6.95. The maximum absolute atomic E-state index is 12.0. The van der Waals surface area contributed by atoms with E-state index in [-0.39, 0.29) is 0 Å². The average molecular weight is 401 g/mol. The number of rotatable bonds is 6. The summed E-state index contributed by atoms with van der Waals surface area (Å²) >= 11 is 0. The van der Waals surface area contributed by atoms with Crippen molar-refractivity contribution in [1.82, 2.24) is 5.43 Å². The fourth-order valence-corrected chi connectivity index (χ4v) is 2.88. The third-order valence-corrected chi connectivity index (χ3v) is 4.17. The molecule has 0 saturated carbocycles. The van der Waals surface area contributed by atoms with Gasteiger partial charge in [0.25, 0.3) is 0 Å². The van der Waals surface area contributed by atoms with Crippen molar-refractivity contribution in [3.05, 3.63) is 95.1 Å². The molecule has 0 aliphatic rings. The van der Waals surface area contributed by atoms with E-state index in [1.165, 1.54) is 6.21 Å². The first kappa shape index (κ1) is 20.8. The highest BCUT2D eigenvalue weighted by Gasteiger charge is 2.13. The SMILES string of the molecule is Cc1cc(C)cc(NC(=O)C(=O)N/N=C\c2cccc(OCc3ccccc3)c2)c1. The summed E-state index contributed by atoms with van der Waals surface area (Å²) in [5.41, 5.74) is 6.60. The number of anilines is 1. The molecule has 0 spiro atoms. The fourth-order valence-electron chi connectivity index (χ4n) is 2.88. The molecule has 2 amide bonds. The summed E-state index contributed by atoms with van der Waals surface area (Å²) in [5.74, 6) is -0.944. The van der Waals surface area contributed by atoms with Gasteiger partial charge in [0, 0.05) is 5.69 Å². The summed E-state index contributed by atoms with van der Waals surface area (Å²) in [6.45, 7) is 4.30. The number of benzene rings is 3. The molecular weight excluding hydrogens is 378 g/mol. The molecule has 3 aromatic carbocycles. The van der Waals surface area contributed by atoms with E-state index in [4.69, 9.17) is 4.74 Å². The Morgan fingerprint density at radius 3 is 2.37 bits per heavy atom. The molecule has 30 heavy (non-hydrogen) atoms. The monoisotopic (exact) mass is 401 g/mol. The summed E-state index contributed by atoms with van der Waals surface area (Å²) in [4.78, 5) is 24.0. The number of amides is 2. The quantitative estimate of drug-likeness (QED) is 0.373. The second-order valence-electron chi connectivity index (χ2n) is 6.88. The van der Waals surface area contributed by atoms with Crippen LogP contribution in [0.25, 0.3) is 0 Å². The summed E-state index contributed by atoms with van der Waals surface area (Å²) in [5, 5.41) is 6.43. The summed E-state index contributed by atoms with van der Waals surface area (Å²) in [6.07, 6.45) is 1.46. The molecule has 6 nitrogen and oxygen atoms in total. The van der Waals surface area contributed by atoms with E-state index in [0.717, 1.165) is 22.3 Å². The van der Waals surface area contributed by atoms with Crippen LogP contribution in [0.2, 0.25) is 0 Å². The molecule has 152 valence electrons. The normalized spacial score (nSPS) is 10.6. The maximum Gasteiger partial charge on any atom is 0.329 e. The molecule has 0 bridgehead atoms. The molecule has 0 heterocycles. The van der Waals surface area contributed by atoms with Gasteiger partial charge >= 0.3 is 11.8 Å². The molecule has 0 saturated heterocycles. The van der Waals surface area contributed by atoms with E-state index in [1.807, 2.05) is 68.4 Å². The minimum Gasteiger partial charge on any atom is -0.489 e. The van der Waals surface area contributed by atoms with Gasteiger partial charge in [0.2, 0.25) is 0 Å². The Bertz CT molecular complexity index is 1040. The highest BCUT2D eigenvalue weighted by atomic mass is 16.5. The standard InChI is InChI=1S/C24H23N3O3/c1-17-11-18(2)13-21(12-17)26-23(28)24(29)27-25-15-20-9-6-10-22(14-20)30-16-19-7-4-3-5-8-19/h3-15H,16H2,1-2H3,(H,26,28)(H,27,29)/b25-15-. The zero-order valence-electron chi connectivity index (χ0n) is 16.9. The first-order valence-electron chi connectivity index (χ1n) is 9.49. The van der Waals surface area contributed by atoms with Crippen molar-refractivity contribution in [2.45, 2.75) is 20.5 Å². The second-order valence-corrected chi connectivity index (χ2v) is 6.88. The van der Waals surface area contributed by atoms with Gasteiger partial charge in [-0.1, -0.05) is 48.5 Å². The molecule has 6 heteroatoms. The van der Waals surface area contributed by atoms with Crippen molar-refractivity contribution in [1.29, 1.82) is 0 Å². The molecule has 3 rings (SSSR count). The van der Waals surface area contributed by atoms with Crippen molar-refractivity contribution in [2.75, 3.05) is 5.32 Å². The lowest BCUT2D eigenvalue weighted by Crippen LogP contribution is -2.32. The highest BCUT2D eigenvalue weighted by molar-refractivity contribution is 6.39. The number of nitrogens with one attached hydrogen (secondary N) is 2. The van der Waals surface area contributed by atoms with Gasteiger partial charge < -0.3 is 10.1 Å². The Morgan fingerprint density at radius 2 is 1.63 bits per heavy atom. The Balaban J connectivity index is 1.52. The minimum atomic E-state index is -0.845. The van der Waals surface area contributed by atoms with Gasteiger partial charge in [-0.3, -0.25) is 9.59 Å². The van der Waals surface area contributed by atoms with E-state index in [1.54, 1.807) is 18.2 Å². The lowest BCUT2D eigenvalue weighted by molar-refractivity contribution is -0.136. The fraction of sp³-hybridized carbons (Fsp3) is 0.125. The Morgan fingerprint density at radius 1 is 0.900 bits per heavy atom. The van der Waals surface area contributed by atoms with Crippen LogP contribution in [0.5, 0.6) is 5.75 Å². The highest BCUT2D eigenvalue weighted by Crippen LogP contribution is 2.15. The molecule has 0 atom stereocenters. The van der Waals surface area contributed by atoms with Crippen LogP contribution in [0.4, 0.5) is 5.69 Å². The molecule has 0 unspecified atom stereocenters. The van der Waals surface area contributed by atoms with Crippen LogP contribution >= 0.6 is 0 Å². The molecule has 0 aliphatic carbocycles. The second kappa shape index (κ2) is 10.0. The average Bonchev–Trinajstić information content (AvgIpc) is 2.72. The number of carbonyl (C=O) groups is 2. The predicted molar refractivity (Wildman–Crippen MR) is 117 cm³/mol. The lowest BCUT2D eigenvalue weighted by Gasteiger charge is -2.07. The van der Waals surface area contributed by atoms with Crippen molar-refractivity contribution in [3.8, 4) is 5.75 Å². The molecule has 3 aromatic rings. The number of carbonyl (C=O) groups excluding carboxylic acids is 2. The minimum absolute atomic E-state index is 0.455. The number of nitrogens with zero attached hydrogens (tertiary/aromatic N) is 1. The van der Waals surface area contributed by atoms with Gasteiger partial charge in [-0.05, 0) is 60.4 Å². The van der Waals surface area contributed by atoms with Crippen molar-refractivity contribution in [2.24, 2.45) is 5.10 Å². The van der Waals surface area contributed by atoms with Gasteiger partial charge in [0.15, 0.2) is 0 Å². The maximum atomic E-state index is 12.0. The zero-order chi connectivity index (χ0) is 21.3. The van der Waals surface area contributed by atoms with Crippen LogP contribution in [-0.4, -0.2) is 18.0 Å². The zero-order valence-corrected chi connectivity index (χ0v) is 16.9. The molecule has 0 radical (unpaired) electrons. The van der Waals surface area contributed by atoms with Crippen LogP contribution in [0, 0.1) is 13.8 Å². The summed E-state index contributed by atoms with van der Waals surface area (Å²) < 4.78 is 5.77. The largest absolute Gasteiger partial charge is 0.489 e. The number of ether oxygens (including phenoxy) is 1. The predicted octanol–water partition coefficient (Wildman–Crippen LogP) is 3.97. The molecule has 0 aliphatic heterocycles. The molecule has 2 N–H and O–H groups in total. The topological polar surface area (TPSA) is 79.8 Å². The van der Waals surface area contributed by atoms with Crippen molar-refractivity contribution >= 4 is 23.7 Å². The number of aryl methyl sites for hydroxylation is 2. The van der Waals surface area contributed by atoms with Crippen LogP contribution in [0.3, 0.4) is 0 Å². The third kappa shape index (κ3) is 6.31. The van der Waals surface area contributed by atoms with E-state index in [2.05, 4.69) is 15.8 Å². The van der Waals surface area contributed by atoms with Gasteiger partial charge in [-0.2, -0.15) is 5.10 Å². The van der Waals surface area contributed by atoms with E-state index >= 15 is 0 Å². The number of hydrogen-bond donors (Lipinski definition) is 2. The summed E-state index contributed by atoms with van der Waals surface area (Å²) in [7, 11) is 0. The van der Waals surface area contributed by atoms with E-state index in [0.29, 0.717) is 18.0 Å².